The summed E-state index contributed by atoms with van der Waals surface area (Å²) < 4.78 is 1.19. The molecule has 0 N–H and O–H groups in total. The Morgan fingerprint density at radius 1 is 1.38 bits per heavy atom. The van der Waals surface area contributed by atoms with Crippen molar-refractivity contribution in [1.29, 1.82) is 0 Å². The Kier molecular flexibility index (Phi) is 1.99. The molecule has 0 saturated carbocycles. The maximum Gasteiger partial charge on any atom is 0.150 e. The third-order valence-corrected chi connectivity index (χ3v) is 2.85. The van der Waals surface area contributed by atoms with E-state index in [1.165, 1.54) is 10.1 Å². The van der Waals surface area contributed by atoms with Crippen LogP contribution in [0, 0.1) is 0 Å². The van der Waals surface area contributed by atoms with Gasteiger partial charge in [-0.15, -0.1) is 11.3 Å². The van der Waals surface area contributed by atoms with Crippen LogP contribution in [-0.2, 0) is 4.79 Å². The summed E-state index contributed by atoms with van der Waals surface area (Å²) in [6.45, 7) is 3.67. The topological polar surface area (TPSA) is 17.1 Å². The van der Waals surface area contributed by atoms with Crippen molar-refractivity contribution >= 4 is 33.3 Å². The predicted molar refractivity (Wildman–Crippen MR) is 56.9 cm³/mol. The zero-order chi connectivity index (χ0) is 9.26. The molecule has 1 heterocycles. The van der Waals surface area contributed by atoms with Crippen LogP contribution in [0.4, 0.5) is 0 Å². The van der Waals surface area contributed by atoms with Crippen LogP contribution in [0.5, 0.6) is 0 Å². The van der Waals surface area contributed by atoms with Gasteiger partial charge in [-0.2, -0.15) is 0 Å². The molecule has 0 aliphatic heterocycles. The number of allylic oxidation sites excluding steroid dienone is 1. The van der Waals surface area contributed by atoms with E-state index in [1.54, 1.807) is 11.3 Å². The lowest BCUT2D eigenvalue weighted by atomic mass is 10.1. The molecule has 0 aliphatic carbocycles. The fraction of sp³-hybridized carbons (Fsp3) is 0. The van der Waals surface area contributed by atoms with Gasteiger partial charge in [0.15, 0.2) is 0 Å². The molecule has 0 fully saturated rings. The molecule has 0 saturated heterocycles. The lowest BCUT2D eigenvalue weighted by Gasteiger charge is -1.97. The molecular formula is C11H8OS. The number of hydrogen-bond acceptors (Lipinski definition) is 2. The van der Waals surface area contributed by atoms with Crippen molar-refractivity contribution in [3.05, 3.63) is 41.8 Å². The molecule has 13 heavy (non-hydrogen) atoms. The molecule has 0 amide bonds. The first-order valence-corrected chi connectivity index (χ1v) is 4.81. The minimum Gasteiger partial charge on any atom is -0.298 e. The molecule has 2 rings (SSSR count). The van der Waals surface area contributed by atoms with Gasteiger partial charge in [-0.05, 0) is 28.5 Å². The first kappa shape index (κ1) is 8.20. The van der Waals surface area contributed by atoms with Crippen molar-refractivity contribution in [2.24, 2.45) is 0 Å². The van der Waals surface area contributed by atoms with E-state index >= 15 is 0 Å². The molecule has 1 nitrogen and oxygen atoms in total. The van der Waals surface area contributed by atoms with E-state index in [-0.39, 0.29) is 0 Å². The Balaban J connectivity index is 2.60. The molecule has 2 aromatic rings. The zero-order valence-electron chi connectivity index (χ0n) is 6.99. The van der Waals surface area contributed by atoms with Crippen LogP contribution in [0.2, 0.25) is 0 Å². The smallest absolute Gasteiger partial charge is 0.150 e. The van der Waals surface area contributed by atoms with Crippen molar-refractivity contribution in [3.63, 3.8) is 0 Å². The number of carbonyl (C=O) groups is 1. The second-order valence-corrected chi connectivity index (χ2v) is 3.76. The Morgan fingerprint density at radius 3 is 3.00 bits per heavy atom. The van der Waals surface area contributed by atoms with Crippen LogP contribution in [-0.4, -0.2) is 6.29 Å². The highest BCUT2D eigenvalue weighted by molar-refractivity contribution is 7.17. The Hall–Kier alpha value is -1.41. The molecular weight excluding hydrogens is 180 g/mol. The highest BCUT2D eigenvalue weighted by Crippen LogP contribution is 2.23. The molecule has 0 radical (unpaired) electrons. The van der Waals surface area contributed by atoms with Crippen molar-refractivity contribution in [3.8, 4) is 0 Å². The number of benzene rings is 1. The van der Waals surface area contributed by atoms with Crippen molar-refractivity contribution < 1.29 is 4.79 Å². The van der Waals surface area contributed by atoms with Gasteiger partial charge in [-0.3, -0.25) is 4.79 Å². The van der Waals surface area contributed by atoms with Crippen molar-refractivity contribution in [1.82, 2.24) is 0 Å². The van der Waals surface area contributed by atoms with Gasteiger partial charge in [0, 0.05) is 10.3 Å². The van der Waals surface area contributed by atoms with Crippen LogP contribution in [0.1, 0.15) is 5.56 Å². The third kappa shape index (κ3) is 1.40. The highest BCUT2D eigenvalue weighted by atomic mass is 32.1. The predicted octanol–water partition coefficient (Wildman–Crippen LogP) is 3.11. The average Bonchev–Trinajstić information content (AvgIpc) is 2.63. The van der Waals surface area contributed by atoms with E-state index in [0.717, 1.165) is 11.8 Å². The molecule has 0 bridgehead atoms. The minimum absolute atomic E-state index is 0.537. The second kappa shape index (κ2) is 3.15. The largest absolute Gasteiger partial charge is 0.298 e. The first-order chi connectivity index (χ1) is 6.31. The van der Waals surface area contributed by atoms with Gasteiger partial charge in [-0.25, -0.2) is 0 Å². The van der Waals surface area contributed by atoms with E-state index in [0.29, 0.717) is 5.57 Å². The van der Waals surface area contributed by atoms with E-state index in [4.69, 9.17) is 0 Å². The third-order valence-electron chi connectivity index (χ3n) is 1.97. The highest BCUT2D eigenvalue weighted by Gasteiger charge is 1.99. The fourth-order valence-corrected chi connectivity index (χ4v) is 2.05. The van der Waals surface area contributed by atoms with Gasteiger partial charge in [0.25, 0.3) is 0 Å². The summed E-state index contributed by atoms with van der Waals surface area (Å²) >= 11 is 1.67. The number of fused-ring (bicyclic) bond motifs is 1. The number of carbonyl (C=O) groups excluding carboxylic acids is 1. The first-order valence-electron chi connectivity index (χ1n) is 3.93. The summed E-state index contributed by atoms with van der Waals surface area (Å²) in [5, 5.41) is 3.26. The maximum absolute atomic E-state index is 10.5. The van der Waals surface area contributed by atoms with Gasteiger partial charge in [-0.1, -0.05) is 18.7 Å². The second-order valence-electron chi connectivity index (χ2n) is 2.82. The van der Waals surface area contributed by atoms with Crippen LogP contribution in [0.3, 0.4) is 0 Å². The van der Waals surface area contributed by atoms with Crippen LogP contribution in [0.25, 0.3) is 15.7 Å². The zero-order valence-corrected chi connectivity index (χ0v) is 7.80. The molecule has 0 aliphatic rings. The molecule has 64 valence electrons. The summed E-state index contributed by atoms with van der Waals surface area (Å²) in [6, 6.07) is 7.99. The van der Waals surface area contributed by atoms with Gasteiger partial charge in [0.1, 0.15) is 6.29 Å². The van der Waals surface area contributed by atoms with Crippen molar-refractivity contribution in [2.45, 2.75) is 0 Å². The molecule has 0 spiro atoms. The number of thiophene rings is 1. The lowest BCUT2D eigenvalue weighted by molar-refractivity contribution is -0.103. The van der Waals surface area contributed by atoms with E-state index in [9.17, 15) is 4.79 Å². The molecule has 1 aromatic carbocycles. The summed E-state index contributed by atoms with van der Waals surface area (Å²) in [4.78, 5) is 10.5. The summed E-state index contributed by atoms with van der Waals surface area (Å²) in [7, 11) is 0. The van der Waals surface area contributed by atoms with E-state index in [1.807, 2.05) is 23.6 Å². The molecule has 0 atom stereocenters. The minimum atomic E-state index is 0.537. The molecule has 1 aromatic heterocycles. The number of rotatable bonds is 2. The van der Waals surface area contributed by atoms with Gasteiger partial charge in [0.2, 0.25) is 0 Å². The summed E-state index contributed by atoms with van der Waals surface area (Å²) in [5.74, 6) is 0. The van der Waals surface area contributed by atoms with Crippen LogP contribution in [0.15, 0.2) is 36.2 Å². The van der Waals surface area contributed by atoms with Crippen LogP contribution >= 0.6 is 11.3 Å². The Bertz CT molecular complexity index is 468. The van der Waals surface area contributed by atoms with Gasteiger partial charge < -0.3 is 0 Å². The number of aldehydes is 1. The molecule has 2 heteroatoms. The Labute approximate surface area is 80.3 Å². The van der Waals surface area contributed by atoms with Crippen molar-refractivity contribution in [2.75, 3.05) is 0 Å². The van der Waals surface area contributed by atoms with Gasteiger partial charge >= 0.3 is 0 Å². The quantitative estimate of drug-likeness (QED) is 0.522. The maximum atomic E-state index is 10.5. The number of hydrogen-bond donors (Lipinski definition) is 0. The monoisotopic (exact) mass is 188 g/mol. The van der Waals surface area contributed by atoms with Crippen LogP contribution < -0.4 is 0 Å². The van der Waals surface area contributed by atoms with Gasteiger partial charge in [0.05, 0.1) is 0 Å². The summed E-state index contributed by atoms with van der Waals surface area (Å²) in [5.41, 5.74) is 1.44. The summed E-state index contributed by atoms with van der Waals surface area (Å²) in [6.07, 6.45) is 0.786. The Morgan fingerprint density at radius 2 is 2.23 bits per heavy atom. The molecule has 0 unspecified atom stereocenters. The van der Waals surface area contributed by atoms with E-state index in [2.05, 4.69) is 12.6 Å². The standard InChI is InChI=1S/C11H8OS/c1-8(7-12)10-3-2-9-4-5-13-11(9)6-10/h2-7H,1H2. The van der Waals surface area contributed by atoms with E-state index < -0.39 is 0 Å². The fourth-order valence-electron chi connectivity index (χ4n) is 1.22. The normalized spacial score (nSPS) is 10.2. The average molecular weight is 188 g/mol. The lowest BCUT2D eigenvalue weighted by Crippen LogP contribution is -1.81. The SMILES string of the molecule is C=C(C=O)c1ccc2ccsc2c1.